The molecule has 1 saturated heterocycles. The Hall–Kier alpha value is 0.491. The number of hydrogen-bond donors (Lipinski definition) is 0. The van der Waals surface area contributed by atoms with Crippen LogP contribution in [0.3, 0.4) is 0 Å². The van der Waals surface area contributed by atoms with Crippen LogP contribution in [0.25, 0.3) is 0 Å². The van der Waals surface area contributed by atoms with Crippen LogP contribution in [0.15, 0.2) is 0 Å². The molecule has 1 fully saturated rings. The van der Waals surface area contributed by atoms with Crippen LogP contribution in [-0.2, 0) is 18.0 Å². The van der Waals surface area contributed by atoms with E-state index < -0.39 is 25.0 Å². The first-order chi connectivity index (χ1) is 9.25. The average molecular weight is 351 g/mol. The van der Waals surface area contributed by atoms with E-state index in [0.717, 1.165) is 6.42 Å². The van der Waals surface area contributed by atoms with Gasteiger partial charge in [0.05, 0.1) is 12.7 Å². The van der Waals surface area contributed by atoms with Crippen molar-refractivity contribution >= 4 is 25.0 Å². The Balaban J connectivity index is 2.66. The molecule has 0 N–H and O–H groups in total. The van der Waals surface area contributed by atoms with E-state index in [1.807, 2.05) is 0 Å². The molecule has 1 aliphatic rings. The van der Waals surface area contributed by atoms with Crippen molar-refractivity contribution in [2.45, 2.75) is 83.8 Å². The van der Waals surface area contributed by atoms with Gasteiger partial charge in [0.25, 0.3) is 0 Å². The van der Waals surface area contributed by atoms with E-state index in [2.05, 4.69) is 58.9 Å². The van der Waals surface area contributed by atoms with E-state index in [0.29, 0.717) is 6.61 Å². The highest BCUT2D eigenvalue weighted by Crippen LogP contribution is 2.29. The molecule has 1 aliphatic heterocycles. The number of rotatable bonds is 7. The zero-order valence-corrected chi connectivity index (χ0v) is 18.3. The molecule has 0 saturated carbocycles. The van der Waals surface area contributed by atoms with Crippen molar-refractivity contribution < 1.29 is 18.0 Å². The van der Waals surface area contributed by atoms with E-state index in [9.17, 15) is 0 Å². The predicted octanol–water partition coefficient (Wildman–Crippen LogP) is 4.02. The van der Waals surface area contributed by atoms with E-state index in [4.69, 9.17) is 18.0 Å². The Morgan fingerprint density at radius 2 is 1.33 bits per heavy atom. The number of ether oxygens (including phenoxy) is 1. The van der Waals surface area contributed by atoms with Gasteiger partial charge in [-0.25, -0.2) is 0 Å². The summed E-state index contributed by atoms with van der Waals surface area (Å²) in [5.74, 6) is 0. The Morgan fingerprint density at radius 3 is 1.76 bits per heavy atom. The SMILES string of the molecule is C[Si](C)(C)OC[C@H]1O[C@H](O[Si](C)(C)C)C[C@@H]1O[Si](C)(C)C. The van der Waals surface area contributed by atoms with Crippen LogP contribution in [0.1, 0.15) is 6.42 Å². The molecule has 1 heterocycles. The first-order valence-electron chi connectivity index (χ1n) is 7.90. The standard InChI is InChI=1S/C14H34O4Si3/c1-19(2,3)15-11-13-12(17-20(4,5)6)10-14(16-13)18-21(7,8)9/h12-14H,10-11H2,1-9H3/t12-,13+,14+/m0/s1. The lowest BCUT2D eigenvalue weighted by Crippen LogP contribution is -2.40. The van der Waals surface area contributed by atoms with Crippen molar-refractivity contribution in [2.75, 3.05) is 6.61 Å². The molecule has 0 aromatic rings. The van der Waals surface area contributed by atoms with E-state index in [-0.39, 0.29) is 18.5 Å². The van der Waals surface area contributed by atoms with Gasteiger partial charge in [-0.15, -0.1) is 0 Å². The third-order valence-electron chi connectivity index (χ3n) is 2.84. The fourth-order valence-electron chi connectivity index (χ4n) is 2.21. The summed E-state index contributed by atoms with van der Waals surface area (Å²) in [4.78, 5) is 0. The van der Waals surface area contributed by atoms with Crippen molar-refractivity contribution in [1.29, 1.82) is 0 Å². The minimum atomic E-state index is -1.60. The Labute approximate surface area is 133 Å². The molecule has 0 unspecified atom stereocenters. The molecule has 0 aromatic heterocycles. The van der Waals surface area contributed by atoms with E-state index >= 15 is 0 Å². The molecule has 7 heteroatoms. The van der Waals surface area contributed by atoms with Gasteiger partial charge in [-0.05, 0) is 58.9 Å². The van der Waals surface area contributed by atoms with Gasteiger partial charge in [-0.2, -0.15) is 0 Å². The van der Waals surface area contributed by atoms with Gasteiger partial charge in [0.15, 0.2) is 31.2 Å². The Bertz CT molecular complexity index is 331. The molecular formula is C14H34O4Si3. The quantitative estimate of drug-likeness (QED) is 0.650. The number of hydrogen-bond acceptors (Lipinski definition) is 4. The highest BCUT2D eigenvalue weighted by molar-refractivity contribution is 6.70. The van der Waals surface area contributed by atoms with Crippen LogP contribution >= 0.6 is 0 Å². The topological polar surface area (TPSA) is 36.9 Å². The second-order valence-corrected chi connectivity index (χ2v) is 22.2. The van der Waals surface area contributed by atoms with Crippen molar-refractivity contribution in [3.05, 3.63) is 0 Å². The first-order valence-corrected chi connectivity index (χ1v) is 18.1. The molecule has 1 rings (SSSR count). The van der Waals surface area contributed by atoms with Crippen LogP contribution < -0.4 is 0 Å². The lowest BCUT2D eigenvalue weighted by molar-refractivity contribution is -0.0941. The zero-order valence-electron chi connectivity index (χ0n) is 15.3. The van der Waals surface area contributed by atoms with Gasteiger partial charge in [-0.3, -0.25) is 0 Å². The van der Waals surface area contributed by atoms with E-state index in [1.54, 1.807) is 0 Å². The fraction of sp³-hybridized carbons (Fsp3) is 1.00. The summed E-state index contributed by atoms with van der Waals surface area (Å²) in [5.41, 5.74) is 0. The van der Waals surface area contributed by atoms with Gasteiger partial charge in [-0.1, -0.05) is 0 Å². The smallest absolute Gasteiger partial charge is 0.187 e. The van der Waals surface area contributed by atoms with Crippen molar-refractivity contribution in [3.8, 4) is 0 Å². The molecule has 0 bridgehead atoms. The molecule has 0 spiro atoms. The van der Waals surface area contributed by atoms with Gasteiger partial charge in [0.1, 0.15) is 6.10 Å². The minimum absolute atomic E-state index is 0.00444. The van der Waals surface area contributed by atoms with Gasteiger partial charge in [0, 0.05) is 6.42 Å². The normalized spacial score (nSPS) is 28.1. The lowest BCUT2D eigenvalue weighted by Gasteiger charge is -2.28. The summed E-state index contributed by atoms with van der Waals surface area (Å²) in [6.07, 6.45) is 0.807. The van der Waals surface area contributed by atoms with Crippen LogP contribution in [0.4, 0.5) is 0 Å². The Kier molecular flexibility index (Phi) is 6.46. The largest absolute Gasteiger partial charge is 0.415 e. The molecule has 0 aromatic carbocycles. The second-order valence-electron chi connectivity index (χ2n) is 8.76. The molecule has 126 valence electrons. The summed E-state index contributed by atoms with van der Waals surface area (Å²) in [6, 6.07) is 0. The summed E-state index contributed by atoms with van der Waals surface area (Å²) in [7, 11) is -4.73. The monoisotopic (exact) mass is 350 g/mol. The fourth-order valence-corrected chi connectivity index (χ4v) is 4.97. The molecule has 0 aliphatic carbocycles. The summed E-state index contributed by atoms with van der Waals surface area (Å²) in [5, 5.41) is 0. The van der Waals surface area contributed by atoms with Crippen molar-refractivity contribution in [3.63, 3.8) is 0 Å². The summed E-state index contributed by atoms with van der Waals surface area (Å²) in [6.45, 7) is 20.5. The van der Waals surface area contributed by atoms with Crippen molar-refractivity contribution in [1.82, 2.24) is 0 Å². The highest BCUT2D eigenvalue weighted by atomic mass is 28.4. The highest BCUT2D eigenvalue weighted by Gasteiger charge is 2.41. The van der Waals surface area contributed by atoms with Gasteiger partial charge in [0.2, 0.25) is 0 Å². The van der Waals surface area contributed by atoms with E-state index in [1.165, 1.54) is 0 Å². The van der Waals surface area contributed by atoms with Crippen LogP contribution in [0.2, 0.25) is 58.9 Å². The minimum Gasteiger partial charge on any atom is -0.415 e. The lowest BCUT2D eigenvalue weighted by atomic mass is 10.2. The third kappa shape index (κ3) is 8.63. The molecule has 0 amide bonds. The maximum Gasteiger partial charge on any atom is 0.187 e. The van der Waals surface area contributed by atoms with Crippen LogP contribution in [0.5, 0.6) is 0 Å². The maximum absolute atomic E-state index is 6.31. The molecule has 3 atom stereocenters. The molecule has 0 radical (unpaired) electrons. The third-order valence-corrected chi connectivity index (χ3v) is 5.85. The molecule has 21 heavy (non-hydrogen) atoms. The van der Waals surface area contributed by atoms with Gasteiger partial charge < -0.3 is 18.0 Å². The summed E-state index contributed by atoms with van der Waals surface area (Å²) < 4.78 is 24.6. The van der Waals surface area contributed by atoms with Gasteiger partial charge >= 0.3 is 0 Å². The first kappa shape index (κ1) is 19.5. The molecule has 4 nitrogen and oxygen atoms in total. The average Bonchev–Trinajstić information content (AvgIpc) is 2.50. The Morgan fingerprint density at radius 1 is 0.810 bits per heavy atom. The second kappa shape index (κ2) is 6.94. The molecular weight excluding hydrogens is 316 g/mol. The summed E-state index contributed by atoms with van der Waals surface area (Å²) >= 11 is 0. The predicted molar refractivity (Wildman–Crippen MR) is 95.2 cm³/mol. The maximum atomic E-state index is 6.31. The zero-order chi connectivity index (χ0) is 16.5. The van der Waals surface area contributed by atoms with Crippen molar-refractivity contribution in [2.24, 2.45) is 0 Å². The van der Waals surface area contributed by atoms with Crippen LogP contribution in [0, 0.1) is 0 Å². The van der Waals surface area contributed by atoms with Crippen LogP contribution in [-0.4, -0.2) is 50.1 Å².